The molecule has 22 heavy (non-hydrogen) atoms. The zero-order chi connectivity index (χ0) is 16.8. The van der Waals surface area contributed by atoms with Crippen molar-refractivity contribution >= 4 is 17.4 Å². The van der Waals surface area contributed by atoms with Crippen LogP contribution in [0.2, 0.25) is 0 Å². The summed E-state index contributed by atoms with van der Waals surface area (Å²) in [6.45, 7) is 1.37. The third-order valence-corrected chi connectivity index (χ3v) is 2.77. The van der Waals surface area contributed by atoms with Crippen molar-refractivity contribution < 1.29 is 27.5 Å². The van der Waals surface area contributed by atoms with Gasteiger partial charge in [-0.1, -0.05) is 12.1 Å². The topological polar surface area (TPSA) is 55.4 Å². The smallest absolute Gasteiger partial charge is 0.454 e. The van der Waals surface area contributed by atoms with Crippen molar-refractivity contribution in [2.24, 2.45) is 0 Å². The number of allylic oxidation sites excluding steroid dienone is 2. The lowest BCUT2D eigenvalue weighted by molar-refractivity contribution is -0.165. The molecule has 1 aromatic carbocycles. The Morgan fingerprint density at radius 2 is 1.82 bits per heavy atom. The fourth-order valence-electron chi connectivity index (χ4n) is 1.65. The number of benzene rings is 1. The zero-order valence-corrected chi connectivity index (χ0v) is 12.2. The van der Waals surface area contributed by atoms with Crippen LogP contribution in [0.1, 0.15) is 18.9 Å². The molecule has 0 spiro atoms. The quantitative estimate of drug-likeness (QED) is 0.647. The number of nitrogens with one attached hydrogen (secondary N) is 1. The van der Waals surface area contributed by atoms with E-state index >= 15 is 0 Å². The summed E-state index contributed by atoms with van der Waals surface area (Å²) in [7, 11) is 1.31. The predicted molar refractivity (Wildman–Crippen MR) is 75.2 cm³/mol. The Kier molecular flexibility index (Phi) is 6.15. The highest BCUT2D eigenvalue weighted by atomic mass is 19.4. The summed E-state index contributed by atoms with van der Waals surface area (Å²) in [6.07, 6.45) is -3.61. The summed E-state index contributed by atoms with van der Waals surface area (Å²) in [5, 5.41) is 2.70. The van der Waals surface area contributed by atoms with Crippen molar-refractivity contribution in [3.8, 4) is 0 Å². The van der Waals surface area contributed by atoms with Crippen LogP contribution < -0.4 is 5.32 Å². The lowest BCUT2D eigenvalue weighted by Crippen LogP contribution is -2.21. The number of carbonyl (C=O) groups is 2. The zero-order valence-electron chi connectivity index (χ0n) is 12.2. The van der Waals surface area contributed by atoms with E-state index in [4.69, 9.17) is 0 Å². The van der Waals surface area contributed by atoms with Gasteiger partial charge in [-0.25, -0.2) is 0 Å². The van der Waals surface area contributed by atoms with E-state index in [1.807, 2.05) is 0 Å². The van der Waals surface area contributed by atoms with E-state index in [9.17, 15) is 22.8 Å². The van der Waals surface area contributed by atoms with Crippen LogP contribution in [0.4, 0.5) is 18.9 Å². The molecule has 120 valence electrons. The summed E-state index contributed by atoms with van der Waals surface area (Å²) in [6, 6.07) is 6.79. The van der Waals surface area contributed by atoms with E-state index < -0.39 is 12.0 Å². The summed E-state index contributed by atoms with van der Waals surface area (Å²) >= 11 is 0. The first-order valence-corrected chi connectivity index (χ1v) is 6.44. The average Bonchev–Trinajstić information content (AvgIpc) is 2.45. The number of methoxy groups -OCH3 is 1. The molecular weight excluding hydrogens is 299 g/mol. The molecule has 0 fully saturated rings. The van der Waals surface area contributed by atoms with Gasteiger partial charge in [0.1, 0.15) is 0 Å². The maximum atomic E-state index is 12.1. The number of ketones is 1. The average molecular weight is 315 g/mol. The van der Waals surface area contributed by atoms with Gasteiger partial charge < -0.3 is 10.1 Å². The van der Waals surface area contributed by atoms with Gasteiger partial charge in [-0.15, -0.1) is 0 Å². The number of ether oxygens (including phenoxy) is 1. The van der Waals surface area contributed by atoms with Gasteiger partial charge in [0.05, 0.1) is 7.11 Å². The van der Waals surface area contributed by atoms with Gasteiger partial charge in [0, 0.05) is 23.9 Å². The van der Waals surface area contributed by atoms with Crippen molar-refractivity contribution in [3.63, 3.8) is 0 Å². The number of esters is 1. The highest BCUT2D eigenvalue weighted by Crippen LogP contribution is 2.18. The molecule has 1 rings (SSSR count). The van der Waals surface area contributed by atoms with E-state index in [1.54, 1.807) is 24.3 Å². The Balaban J connectivity index is 2.62. The molecule has 1 aromatic rings. The first-order chi connectivity index (χ1) is 10.2. The van der Waals surface area contributed by atoms with Crippen LogP contribution >= 0.6 is 0 Å². The lowest BCUT2D eigenvalue weighted by atomic mass is 10.1. The van der Waals surface area contributed by atoms with Crippen molar-refractivity contribution in [1.82, 2.24) is 0 Å². The van der Waals surface area contributed by atoms with Gasteiger partial charge >= 0.3 is 12.1 Å². The number of hydrogen-bond acceptors (Lipinski definition) is 4. The Labute approximate surface area is 126 Å². The van der Waals surface area contributed by atoms with Crippen LogP contribution in [0.3, 0.4) is 0 Å². The Hall–Kier alpha value is -2.31. The molecular formula is C15H16F3NO3. The van der Waals surface area contributed by atoms with Gasteiger partial charge in [0.2, 0.25) is 0 Å². The van der Waals surface area contributed by atoms with Gasteiger partial charge in [0.15, 0.2) is 0 Å². The Morgan fingerprint density at radius 3 is 2.32 bits per heavy atom. The molecule has 0 aliphatic rings. The minimum atomic E-state index is -4.87. The molecule has 0 aromatic heterocycles. The molecule has 0 amide bonds. The first kappa shape index (κ1) is 17.7. The lowest BCUT2D eigenvalue weighted by Gasteiger charge is -2.08. The molecule has 0 saturated heterocycles. The SMILES string of the molecule is COC(=O)CCc1ccc(N/C(C)=C/C(=O)C(F)(F)F)cc1. The van der Waals surface area contributed by atoms with Crippen LogP contribution in [0.5, 0.6) is 0 Å². The number of aryl methyl sites for hydroxylation is 1. The summed E-state index contributed by atoms with van der Waals surface area (Å²) in [5.41, 5.74) is 1.53. The maximum absolute atomic E-state index is 12.1. The summed E-state index contributed by atoms with van der Waals surface area (Å²) in [5.74, 6) is -2.22. The molecule has 1 N–H and O–H groups in total. The molecule has 0 bridgehead atoms. The van der Waals surface area contributed by atoms with E-state index in [0.717, 1.165) is 5.56 Å². The number of carbonyl (C=O) groups excluding carboxylic acids is 2. The number of rotatable bonds is 6. The second-order valence-electron chi connectivity index (χ2n) is 4.59. The molecule has 0 saturated carbocycles. The van der Waals surface area contributed by atoms with Crippen LogP contribution in [0, 0.1) is 0 Å². The third kappa shape index (κ3) is 5.99. The van der Waals surface area contributed by atoms with Crippen LogP contribution in [0.25, 0.3) is 0 Å². The van der Waals surface area contributed by atoms with Crippen LogP contribution in [0.15, 0.2) is 36.0 Å². The number of halogens is 3. The van der Waals surface area contributed by atoms with Crippen molar-refractivity contribution in [1.29, 1.82) is 0 Å². The molecule has 0 unspecified atom stereocenters. The van der Waals surface area contributed by atoms with E-state index in [0.29, 0.717) is 18.2 Å². The molecule has 4 nitrogen and oxygen atoms in total. The Bertz CT molecular complexity index is 562. The highest BCUT2D eigenvalue weighted by Gasteiger charge is 2.36. The molecule has 0 radical (unpaired) electrons. The standard InChI is InChI=1S/C15H16F3NO3/c1-10(9-13(20)15(16,17)18)19-12-6-3-11(4-7-12)5-8-14(21)22-2/h3-4,6-7,9,19H,5,8H2,1-2H3/b10-9+. The molecule has 0 atom stereocenters. The highest BCUT2D eigenvalue weighted by molar-refractivity contribution is 5.95. The van der Waals surface area contributed by atoms with E-state index in [2.05, 4.69) is 10.1 Å². The van der Waals surface area contributed by atoms with Gasteiger partial charge in [-0.3, -0.25) is 9.59 Å². The van der Waals surface area contributed by atoms with Gasteiger partial charge in [0.25, 0.3) is 5.78 Å². The minimum Gasteiger partial charge on any atom is -0.469 e. The summed E-state index contributed by atoms with van der Waals surface area (Å²) in [4.78, 5) is 21.8. The molecule has 7 heteroatoms. The number of alkyl halides is 3. The Morgan fingerprint density at radius 1 is 1.23 bits per heavy atom. The maximum Gasteiger partial charge on any atom is 0.454 e. The third-order valence-electron chi connectivity index (χ3n) is 2.77. The second kappa shape index (κ2) is 7.63. The molecule has 0 aliphatic carbocycles. The fourth-order valence-corrected chi connectivity index (χ4v) is 1.65. The fraction of sp³-hybridized carbons (Fsp3) is 0.333. The predicted octanol–water partition coefficient (Wildman–Crippen LogP) is 3.24. The monoisotopic (exact) mass is 315 g/mol. The van der Waals surface area contributed by atoms with E-state index in [1.165, 1.54) is 14.0 Å². The normalized spacial score (nSPS) is 12.0. The number of anilines is 1. The molecule has 0 aliphatic heterocycles. The van der Waals surface area contributed by atoms with Crippen molar-refractivity contribution in [2.45, 2.75) is 25.9 Å². The minimum absolute atomic E-state index is 0.0876. The second-order valence-corrected chi connectivity index (χ2v) is 4.59. The van der Waals surface area contributed by atoms with Crippen molar-refractivity contribution in [3.05, 3.63) is 41.6 Å². The van der Waals surface area contributed by atoms with Crippen molar-refractivity contribution in [2.75, 3.05) is 12.4 Å². The summed E-state index contributed by atoms with van der Waals surface area (Å²) < 4.78 is 40.9. The number of hydrogen-bond donors (Lipinski definition) is 1. The van der Waals surface area contributed by atoms with Crippen LogP contribution in [-0.2, 0) is 20.7 Å². The first-order valence-electron chi connectivity index (χ1n) is 6.44. The van der Waals surface area contributed by atoms with E-state index in [-0.39, 0.29) is 18.1 Å². The van der Waals surface area contributed by atoms with Gasteiger partial charge in [-0.05, 0) is 31.0 Å². The molecule has 0 heterocycles. The largest absolute Gasteiger partial charge is 0.469 e. The van der Waals surface area contributed by atoms with Crippen LogP contribution in [-0.4, -0.2) is 25.0 Å². The van der Waals surface area contributed by atoms with Gasteiger partial charge in [-0.2, -0.15) is 13.2 Å².